The average Bonchev–Trinajstić information content (AvgIpc) is 3.44. The molecule has 5 nitrogen and oxygen atoms in total. The van der Waals surface area contributed by atoms with Gasteiger partial charge >= 0.3 is 6.09 Å². The third kappa shape index (κ3) is 5.47. The van der Waals surface area contributed by atoms with Gasteiger partial charge in [0.15, 0.2) is 0 Å². The molecular weight excluding hydrogens is 340 g/mol. The van der Waals surface area contributed by atoms with Crippen molar-refractivity contribution in [2.75, 3.05) is 26.2 Å². The van der Waals surface area contributed by atoms with E-state index in [2.05, 4.69) is 31.2 Å². The molecule has 0 N–H and O–H groups in total. The predicted molar refractivity (Wildman–Crippen MR) is 106 cm³/mol. The SMILES string of the molecule is Cc1ccc(C(CC(=O)N2CCN(C(=O)OC(C)(C)C)CC2)C2CC2)cc1. The van der Waals surface area contributed by atoms with Crippen LogP contribution in [-0.2, 0) is 9.53 Å². The van der Waals surface area contributed by atoms with Crippen molar-refractivity contribution in [1.29, 1.82) is 0 Å². The highest BCUT2D eigenvalue weighted by Crippen LogP contribution is 2.44. The second-order valence-corrected chi connectivity index (χ2v) is 8.91. The van der Waals surface area contributed by atoms with Crippen LogP contribution in [0.3, 0.4) is 0 Å². The number of carbonyl (C=O) groups excluding carboxylic acids is 2. The van der Waals surface area contributed by atoms with E-state index in [4.69, 9.17) is 4.74 Å². The Morgan fingerprint density at radius 3 is 2.11 bits per heavy atom. The van der Waals surface area contributed by atoms with Crippen molar-refractivity contribution in [3.63, 3.8) is 0 Å². The summed E-state index contributed by atoms with van der Waals surface area (Å²) >= 11 is 0. The molecule has 0 aromatic heterocycles. The summed E-state index contributed by atoms with van der Waals surface area (Å²) in [6.07, 6.45) is 2.72. The van der Waals surface area contributed by atoms with E-state index >= 15 is 0 Å². The molecule has 1 unspecified atom stereocenters. The number of amides is 2. The van der Waals surface area contributed by atoms with Crippen molar-refractivity contribution in [2.45, 2.75) is 58.5 Å². The van der Waals surface area contributed by atoms with Gasteiger partial charge in [0.25, 0.3) is 0 Å². The van der Waals surface area contributed by atoms with Crippen molar-refractivity contribution in [3.8, 4) is 0 Å². The molecule has 1 aromatic carbocycles. The standard InChI is InChI=1S/C22H32N2O3/c1-16-5-7-17(8-6-16)19(18-9-10-18)15-20(25)23-11-13-24(14-12-23)21(26)27-22(2,3)4/h5-8,18-19H,9-15H2,1-4H3. The highest BCUT2D eigenvalue weighted by molar-refractivity contribution is 5.78. The number of rotatable bonds is 4. The molecule has 1 saturated carbocycles. The van der Waals surface area contributed by atoms with Gasteiger partial charge in [-0.25, -0.2) is 4.79 Å². The maximum Gasteiger partial charge on any atom is 0.410 e. The van der Waals surface area contributed by atoms with Crippen molar-refractivity contribution >= 4 is 12.0 Å². The van der Waals surface area contributed by atoms with Gasteiger partial charge in [-0.05, 0) is 57.9 Å². The average molecular weight is 373 g/mol. The van der Waals surface area contributed by atoms with Gasteiger partial charge in [-0.3, -0.25) is 4.79 Å². The molecule has 5 heteroatoms. The minimum Gasteiger partial charge on any atom is -0.444 e. The van der Waals surface area contributed by atoms with Crippen molar-refractivity contribution < 1.29 is 14.3 Å². The number of ether oxygens (including phenoxy) is 1. The number of piperazine rings is 1. The van der Waals surface area contributed by atoms with Crippen LogP contribution in [0.5, 0.6) is 0 Å². The Balaban J connectivity index is 1.54. The molecule has 27 heavy (non-hydrogen) atoms. The predicted octanol–water partition coefficient (Wildman–Crippen LogP) is 3.96. The fraction of sp³-hybridized carbons (Fsp3) is 0.636. The van der Waals surface area contributed by atoms with Crippen molar-refractivity contribution in [2.24, 2.45) is 5.92 Å². The molecule has 2 fully saturated rings. The molecule has 1 saturated heterocycles. The summed E-state index contributed by atoms with van der Waals surface area (Å²) in [5.74, 6) is 1.16. The number of aryl methyl sites for hydroxylation is 1. The summed E-state index contributed by atoms with van der Waals surface area (Å²) in [5, 5.41) is 0. The third-order valence-electron chi connectivity index (χ3n) is 5.38. The fourth-order valence-corrected chi connectivity index (χ4v) is 3.65. The minimum absolute atomic E-state index is 0.205. The van der Waals surface area contributed by atoms with Crippen molar-refractivity contribution in [1.82, 2.24) is 9.80 Å². The molecule has 2 amide bonds. The molecule has 0 spiro atoms. The molecule has 0 bridgehead atoms. The Hall–Kier alpha value is -2.04. The van der Waals surface area contributed by atoms with Crippen LogP contribution in [0.15, 0.2) is 24.3 Å². The summed E-state index contributed by atoms with van der Waals surface area (Å²) in [4.78, 5) is 28.7. The van der Waals surface area contributed by atoms with Gasteiger partial charge in [-0.1, -0.05) is 29.8 Å². The smallest absolute Gasteiger partial charge is 0.410 e. The number of hydrogen-bond acceptors (Lipinski definition) is 3. The van der Waals surface area contributed by atoms with Crippen LogP contribution >= 0.6 is 0 Å². The molecule has 1 aromatic rings. The summed E-state index contributed by atoms with van der Waals surface area (Å²) in [5.41, 5.74) is 2.04. The minimum atomic E-state index is -0.491. The molecule has 2 aliphatic rings. The molecule has 0 radical (unpaired) electrons. The lowest BCUT2D eigenvalue weighted by Crippen LogP contribution is -2.51. The van der Waals surface area contributed by atoms with Gasteiger partial charge in [0.2, 0.25) is 5.91 Å². The van der Waals surface area contributed by atoms with Gasteiger partial charge in [-0.2, -0.15) is 0 Å². The topological polar surface area (TPSA) is 49.9 Å². The van der Waals surface area contributed by atoms with Crippen LogP contribution in [0.25, 0.3) is 0 Å². The number of hydrogen-bond donors (Lipinski definition) is 0. The van der Waals surface area contributed by atoms with E-state index in [0.29, 0.717) is 44.4 Å². The van der Waals surface area contributed by atoms with Gasteiger partial charge < -0.3 is 14.5 Å². The fourth-order valence-electron chi connectivity index (χ4n) is 3.65. The largest absolute Gasteiger partial charge is 0.444 e. The maximum absolute atomic E-state index is 12.9. The molecule has 1 atom stereocenters. The van der Waals surface area contributed by atoms with Crippen LogP contribution in [0, 0.1) is 12.8 Å². The van der Waals surface area contributed by atoms with E-state index in [1.165, 1.54) is 24.0 Å². The third-order valence-corrected chi connectivity index (χ3v) is 5.38. The van der Waals surface area contributed by atoms with Crippen LogP contribution < -0.4 is 0 Å². The Morgan fingerprint density at radius 2 is 1.59 bits per heavy atom. The number of benzene rings is 1. The lowest BCUT2D eigenvalue weighted by Gasteiger charge is -2.36. The zero-order valence-electron chi connectivity index (χ0n) is 17.0. The van der Waals surface area contributed by atoms with Crippen LogP contribution in [0.4, 0.5) is 4.79 Å². The zero-order chi connectivity index (χ0) is 19.6. The van der Waals surface area contributed by atoms with E-state index in [9.17, 15) is 9.59 Å². The van der Waals surface area contributed by atoms with Crippen LogP contribution in [-0.4, -0.2) is 53.6 Å². The highest BCUT2D eigenvalue weighted by Gasteiger charge is 2.35. The molecule has 1 aliphatic heterocycles. The Morgan fingerprint density at radius 1 is 1.04 bits per heavy atom. The Kier molecular flexibility index (Phi) is 5.78. The van der Waals surface area contributed by atoms with Crippen LogP contribution in [0.2, 0.25) is 0 Å². The van der Waals surface area contributed by atoms with E-state index in [0.717, 1.165) is 0 Å². The van der Waals surface area contributed by atoms with E-state index in [1.807, 2.05) is 25.7 Å². The number of carbonyl (C=O) groups is 2. The molecule has 3 rings (SSSR count). The second kappa shape index (κ2) is 7.91. The Bertz CT molecular complexity index is 666. The van der Waals surface area contributed by atoms with Gasteiger partial charge in [-0.15, -0.1) is 0 Å². The summed E-state index contributed by atoms with van der Waals surface area (Å²) < 4.78 is 5.43. The summed E-state index contributed by atoms with van der Waals surface area (Å²) in [7, 11) is 0. The van der Waals surface area contributed by atoms with E-state index in [-0.39, 0.29) is 12.0 Å². The summed E-state index contributed by atoms with van der Waals surface area (Å²) in [6, 6.07) is 8.61. The lowest BCUT2D eigenvalue weighted by atomic mass is 9.90. The second-order valence-electron chi connectivity index (χ2n) is 8.91. The van der Waals surface area contributed by atoms with Gasteiger partial charge in [0.05, 0.1) is 0 Å². The monoisotopic (exact) mass is 372 g/mol. The molecular formula is C22H32N2O3. The van der Waals surface area contributed by atoms with Crippen molar-refractivity contribution in [3.05, 3.63) is 35.4 Å². The van der Waals surface area contributed by atoms with E-state index < -0.39 is 5.60 Å². The number of nitrogens with zero attached hydrogens (tertiary/aromatic N) is 2. The first-order chi connectivity index (χ1) is 12.7. The van der Waals surface area contributed by atoms with Crippen LogP contribution in [0.1, 0.15) is 57.1 Å². The van der Waals surface area contributed by atoms with E-state index in [1.54, 1.807) is 4.90 Å². The lowest BCUT2D eigenvalue weighted by molar-refractivity contribution is -0.133. The summed E-state index contributed by atoms with van der Waals surface area (Å²) in [6.45, 7) is 9.95. The highest BCUT2D eigenvalue weighted by atomic mass is 16.6. The molecule has 148 valence electrons. The maximum atomic E-state index is 12.9. The first-order valence-electron chi connectivity index (χ1n) is 10.1. The first-order valence-corrected chi connectivity index (χ1v) is 10.1. The molecule has 1 heterocycles. The Labute approximate surface area is 162 Å². The van der Waals surface area contributed by atoms with Gasteiger partial charge in [0, 0.05) is 32.6 Å². The normalized spacial score (nSPS) is 19.0. The first kappa shape index (κ1) is 19.7. The zero-order valence-corrected chi connectivity index (χ0v) is 17.0. The quantitative estimate of drug-likeness (QED) is 0.804. The molecule has 1 aliphatic carbocycles. The van der Waals surface area contributed by atoms with Gasteiger partial charge in [0.1, 0.15) is 5.60 Å².